The fourth-order valence-corrected chi connectivity index (χ4v) is 3.43. The molecule has 1 atom stereocenters. The van der Waals surface area contributed by atoms with Gasteiger partial charge in [0, 0.05) is 18.7 Å². The number of fused-ring (bicyclic) bond motifs is 1. The van der Waals surface area contributed by atoms with E-state index in [-0.39, 0.29) is 5.82 Å². The van der Waals surface area contributed by atoms with Crippen LogP contribution in [0.3, 0.4) is 0 Å². The number of halogens is 1. The van der Waals surface area contributed by atoms with Gasteiger partial charge in [0.2, 0.25) is 0 Å². The summed E-state index contributed by atoms with van der Waals surface area (Å²) >= 11 is 0. The van der Waals surface area contributed by atoms with E-state index in [1.165, 1.54) is 12.5 Å². The standard InChI is InChI=1S/C18H19FN4/c1-22-11-5-6-13(22)12-17-21-15-8-4-10-20-18(15)23(17)16-9-3-2-7-14(16)19/h2-4,7-10,13H,5-6,11-12H2,1H3. The van der Waals surface area contributed by atoms with Gasteiger partial charge in [-0.25, -0.2) is 14.4 Å². The Kier molecular flexibility index (Phi) is 3.58. The van der Waals surface area contributed by atoms with Crippen molar-refractivity contribution < 1.29 is 4.39 Å². The summed E-state index contributed by atoms with van der Waals surface area (Å²) in [7, 11) is 2.14. The van der Waals surface area contributed by atoms with Crippen LogP contribution >= 0.6 is 0 Å². The highest BCUT2D eigenvalue weighted by Crippen LogP contribution is 2.25. The quantitative estimate of drug-likeness (QED) is 0.745. The number of hydrogen-bond acceptors (Lipinski definition) is 3. The first-order valence-electron chi connectivity index (χ1n) is 8.01. The topological polar surface area (TPSA) is 34.0 Å². The molecule has 4 nitrogen and oxygen atoms in total. The van der Waals surface area contributed by atoms with E-state index in [0.29, 0.717) is 17.4 Å². The summed E-state index contributed by atoms with van der Waals surface area (Å²) in [6, 6.07) is 11.1. The van der Waals surface area contributed by atoms with Crippen molar-refractivity contribution >= 4 is 11.2 Å². The van der Waals surface area contributed by atoms with Crippen molar-refractivity contribution in [1.82, 2.24) is 19.4 Å². The first kappa shape index (κ1) is 14.3. The van der Waals surface area contributed by atoms with Gasteiger partial charge in [-0.2, -0.15) is 0 Å². The fraction of sp³-hybridized carbons (Fsp3) is 0.333. The molecule has 5 heteroatoms. The van der Waals surface area contributed by atoms with E-state index < -0.39 is 0 Å². The zero-order valence-electron chi connectivity index (χ0n) is 13.1. The summed E-state index contributed by atoms with van der Waals surface area (Å²) in [5, 5.41) is 0. The molecule has 1 fully saturated rings. The van der Waals surface area contributed by atoms with Gasteiger partial charge in [-0.3, -0.25) is 4.57 Å². The van der Waals surface area contributed by atoms with Crippen molar-refractivity contribution in [2.24, 2.45) is 0 Å². The maximum atomic E-state index is 14.4. The van der Waals surface area contributed by atoms with E-state index in [1.54, 1.807) is 18.3 Å². The third kappa shape index (κ3) is 2.51. The normalized spacial score (nSPS) is 18.8. The monoisotopic (exact) mass is 310 g/mol. The largest absolute Gasteiger partial charge is 0.303 e. The van der Waals surface area contributed by atoms with Gasteiger partial charge in [-0.15, -0.1) is 0 Å². The molecule has 1 unspecified atom stereocenters. The molecule has 118 valence electrons. The van der Waals surface area contributed by atoms with Crippen LogP contribution in [-0.4, -0.2) is 39.1 Å². The molecule has 1 aromatic carbocycles. The number of rotatable bonds is 3. The van der Waals surface area contributed by atoms with Crippen LogP contribution in [0, 0.1) is 5.82 Å². The molecule has 0 spiro atoms. The van der Waals surface area contributed by atoms with Gasteiger partial charge in [0.1, 0.15) is 17.2 Å². The molecule has 1 aliphatic rings. The van der Waals surface area contributed by atoms with Crippen molar-refractivity contribution in [3.63, 3.8) is 0 Å². The molecule has 2 aromatic heterocycles. The van der Waals surface area contributed by atoms with Crippen molar-refractivity contribution in [2.45, 2.75) is 25.3 Å². The molecule has 23 heavy (non-hydrogen) atoms. The van der Waals surface area contributed by atoms with E-state index in [1.807, 2.05) is 22.8 Å². The maximum absolute atomic E-state index is 14.4. The second kappa shape index (κ2) is 5.74. The van der Waals surface area contributed by atoms with Crippen LogP contribution in [0.15, 0.2) is 42.6 Å². The summed E-state index contributed by atoms with van der Waals surface area (Å²) in [6.07, 6.45) is 4.90. The first-order valence-corrected chi connectivity index (χ1v) is 8.01. The predicted octanol–water partition coefficient (Wildman–Crippen LogP) is 3.20. The first-order chi connectivity index (χ1) is 11.2. The van der Waals surface area contributed by atoms with Crippen molar-refractivity contribution in [2.75, 3.05) is 13.6 Å². The minimum Gasteiger partial charge on any atom is -0.303 e. The Morgan fingerprint density at radius 3 is 2.87 bits per heavy atom. The minimum atomic E-state index is -0.251. The average Bonchev–Trinajstić information content (AvgIpc) is 3.12. The van der Waals surface area contributed by atoms with Crippen molar-refractivity contribution in [3.05, 3.63) is 54.2 Å². The minimum absolute atomic E-state index is 0.251. The van der Waals surface area contributed by atoms with Crippen LogP contribution in [-0.2, 0) is 6.42 Å². The number of aromatic nitrogens is 3. The molecule has 0 aliphatic carbocycles. The summed E-state index contributed by atoms with van der Waals surface area (Å²) < 4.78 is 16.2. The second-order valence-electron chi connectivity index (χ2n) is 6.14. The Bertz CT molecular complexity index is 842. The number of nitrogens with zero attached hydrogens (tertiary/aromatic N) is 4. The highest BCUT2D eigenvalue weighted by atomic mass is 19.1. The number of pyridine rings is 1. The Hall–Kier alpha value is -2.27. The van der Waals surface area contributed by atoms with Crippen LogP contribution in [0.2, 0.25) is 0 Å². The third-order valence-corrected chi connectivity index (χ3v) is 4.67. The van der Waals surface area contributed by atoms with E-state index in [4.69, 9.17) is 4.98 Å². The molecule has 3 aromatic rings. The predicted molar refractivity (Wildman–Crippen MR) is 88.2 cm³/mol. The molecule has 4 rings (SSSR count). The maximum Gasteiger partial charge on any atom is 0.164 e. The smallest absolute Gasteiger partial charge is 0.164 e. The van der Waals surface area contributed by atoms with Gasteiger partial charge >= 0.3 is 0 Å². The molecule has 0 N–H and O–H groups in total. The molecular formula is C18H19FN4. The van der Waals surface area contributed by atoms with E-state index in [2.05, 4.69) is 16.9 Å². The molecule has 0 radical (unpaired) electrons. The van der Waals surface area contributed by atoms with E-state index in [9.17, 15) is 4.39 Å². The Labute approximate surface area is 134 Å². The lowest BCUT2D eigenvalue weighted by Gasteiger charge is -2.19. The van der Waals surface area contributed by atoms with Gasteiger partial charge in [0.15, 0.2) is 5.65 Å². The zero-order valence-corrected chi connectivity index (χ0v) is 13.1. The van der Waals surface area contributed by atoms with E-state index in [0.717, 1.165) is 30.7 Å². The summed E-state index contributed by atoms with van der Waals surface area (Å²) in [4.78, 5) is 11.5. The molecular weight excluding hydrogens is 291 g/mol. The Balaban J connectivity index is 1.86. The highest BCUT2D eigenvalue weighted by Gasteiger charge is 2.25. The number of benzene rings is 1. The summed E-state index contributed by atoms with van der Waals surface area (Å²) in [5.74, 6) is 0.626. The molecule has 3 heterocycles. The number of hydrogen-bond donors (Lipinski definition) is 0. The number of para-hydroxylation sites is 1. The lowest BCUT2D eigenvalue weighted by Crippen LogP contribution is -2.28. The number of imidazole rings is 1. The van der Waals surface area contributed by atoms with Gasteiger partial charge in [-0.05, 0) is 50.7 Å². The molecule has 0 bridgehead atoms. The molecule has 1 saturated heterocycles. The lowest BCUT2D eigenvalue weighted by molar-refractivity contribution is 0.305. The molecule has 0 amide bonds. The summed E-state index contributed by atoms with van der Waals surface area (Å²) in [5.41, 5.74) is 2.05. The third-order valence-electron chi connectivity index (χ3n) is 4.67. The summed E-state index contributed by atoms with van der Waals surface area (Å²) in [6.45, 7) is 1.11. The average molecular weight is 310 g/mol. The highest BCUT2D eigenvalue weighted by molar-refractivity contribution is 5.73. The lowest BCUT2D eigenvalue weighted by atomic mass is 10.1. The van der Waals surface area contributed by atoms with Crippen LogP contribution < -0.4 is 0 Å². The van der Waals surface area contributed by atoms with Crippen molar-refractivity contribution in [1.29, 1.82) is 0 Å². The Morgan fingerprint density at radius 2 is 2.09 bits per heavy atom. The molecule has 0 saturated carbocycles. The van der Waals surface area contributed by atoms with Crippen molar-refractivity contribution in [3.8, 4) is 5.69 Å². The van der Waals surface area contributed by atoms with Gasteiger partial charge < -0.3 is 4.90 Å². The van der Waals surface area contributed by atoms with Crippen LogP contribution in [0.5, 0.6) is 0 Å². The molecule has 1 aliphatic heterocycles. The van der Waals surface area contributed by atoms with Gasteiger partial charge in [0.25, 0.3) is 0 Å². The van der Waals surface area contributed by atoms with Crippen LogP contribution in [0.25, 0.3) is 16.9 Å². The van der Waals surface area contributed by atoms with Gasteiger partial charge in [0.05, 0.1) is 5.69 Å². The number of likely N-dealkylation sites (tertiary alicyclic amines) is 1. The van der Waals surface area contributed by atoms with Gasteiger partial charge in [-0.1, -0.05) is 12.1 Å². The Morgan fingerprint density at radius 1 is 1.22 bits per heavy atom. The van der Waals surface area contributed by atoms with Crippen LogP contribution in [0.4, 0.5) is 4.39 Å². The van der Waals surface area contributed by atoms with E-state index >= 15 is 0 Å². The SMILES string of the molecule is CN1CCCC1Cc1nc2cccnc2n1-c1ccccc1F. The zero-order chi connectivity index (χ0) is 15.8. The van der Waals surface area contributed by atoms with Crippen LogP contribution in [0.1, 0.15) is 18.7 Å². The number of likely N-dealkylation sites (N-methyl/N-ethyl adjacent to an activating group) is 1. The second-order valence-corrected chi connectivity index (χ2v) is 6.14. The fourth-order valence-electron chi connectivity index (χ4n) is 3.43.